The molecule has 0 bridgehead atoms. The number of ether oxygens (including phenoxy) is 1. The summed E-state index contributed by atoms with van der Waals surface area (Å²) in [6, 6.07) is 15.3. The lowest BCUT2D eigenvalue weighted by Gasteiger charge is -2.24. The molecular formula is C28H28N2O5S. The maximum absolute atomic E-state index is 13.4. The van der Waals surface area contributed by atoms with E-state index in [-0.39, 0.29) is 33.4 Å². The van der Waals surface area contributed by atoms with Gasteiger partial charge in [0.25, 0.3) is 5.78 Å². The van der Waals surface area contributed by atoms with Crippen LogP contribution in [0.5, 0.6) is 0 Å². The van der Waals surface area contributed by atoms with Gasteiger partial charge in [0, 0.05) is 5.56 Å². The minimum Gasteiger partial charge on any atom is -0.507 e. The summed E-state index contributed by atoms with van der Waals surface area (Å²) in [5.41, 5.74) is 2.44. The third-order valence-electron chi connectivity index (χ3n) is 6.04. The maximum atomic E-state index is 13.4. The number of amides is 1. The molecule has 1 fully saturated rings. The van der Waals surface area contributed by atoms with Crippen LogP contribution in [0, 0.1) is 6.92 Å². The van der Waals surface area contributed by atoms with Gasteiger partial charge in [0.15, 0.2) is 5.13 Å². The predicted octanol–water partition coefficient (Wildman–Crippen LogP) is 5.55. The number of aliphatic hydroxyl groups excluding tert-OH is 1. The number of hydrogen-bond acceptors (Lipinski definition) is 7. The van der Waals surface area contributed by atoms with Crippen molar-refractivity contribution < 1.29 is 24.2 Å². The average Bonchev–Trinajstić information content (AvgIpc) is 3.36. The molecule has 0 radical (unpaired) electrons. The van der Waals surface area contributed by atoms with Crippen molar-refractivity contribution in [2.75, 3.05) is 11.5 Å². The van der Waals surface area contributed by atoms with Gasteiger partial charge in [0.05, 0.1) is 23.9 Å². The summed E-state index contributed by atoms with van der Waals surface area (Å²) in [5.74, 6) is -2.43. The summed E-state index contributed by atoms with van der Waals surface area (Å²) < 4.78 is 5.12. The highest BCUT2D eigenvalue weighted by molar-refractivity contribution is 7.17. The second-order valence-corrected chi connectivity index (χ2v) is 10.5. The lowest BCUT2D eigenvalue weighted by Crippen LogP contribution is -2.29. The van der Waals surface area contributed by atoms with Crippen LogP contribution in [-0.2, 0) is 19.7 Å². The second-order valence-electron chi connectivity index (χ2n) is 9.54. The number of esters is 1. The van der Waals surface area contributed by atoms with Gasteiger partial charge in [0.2, 0.25) is 0 Å². The quantitative estimate of drug-likeness (QED) is 0.212. The summed E-state index contributed by atoms with van der Waals surface area (Å²) >= 11 is 0.989. The van der Waals surface area contributed by atoms with E-state index < -0.39 is 23.7 Å². The van der Waals surface area contributed by atoms with Gasteiger partial charge < -0.3 is 9.84 Å². The summed E-state index contributed by atoms with van der Waals surface area (Å²) in [4.78, 5) is 45.1. The van der Waals surface area contributed by atoms with Crippen LogP contribution in [-0.4, -0.2) is 34.4 Å². The van der Waals surface area contributed by atoms with Crippen LogP contribution in [0.2, 0.25) is 0 Å². The van der Waals surface area contributed by atoms with Crippen molar-refractivity contribution in [3.05, 3.63) is 87.4 Å². The molecule has 4 rings (SSSR count). The van der Waals surface area contributed by atoms with Crippen molar-refractivity contribution in [2.45, 2.75) is 46.1 Å². The first-order valence-corrected chi connectivity index (χ1v) is 12.5. The van der Waals surface area contributed by atoms with E-state index in [0.717, 1.165) is 16.9 Å². The minimum absolute atomic E-state index is 0.0275. The lowest BCUT2D eigenvalue weighted by atomic mass is 9.85. The van der Waals surface area contributed by atoms with Crippen LogP contribution in [0.25, 0.3) is 5.76 Å². The van der Waals surface area contributed by atoms with E-state index in [1.165, 1.54) is 4.90 Å². The molecule has 1 aromatic heterocycles. The number of hydrogen-bond donors (Lipinski definition) is 1. The first-order valence-electron chi connectivity index (χ1n) is 11.7. The Morgan fingerprint density at radius 2 is 1.72 bits per heavy atom. The number of rotatable bonds is 5. The summed E-state index contributed by atoms with van der Waals surface area (Å²) in [6.45, 7) is 9.85. The molecule has 2 aromatic carbocycles. The molecule has 8 heteroatoms. The van der Waals surface area contributed by atoms with Crippen molar-refractivity contribution in [3.8, 4) is 0 Å². The second kappa shape index (κ2) is 9.70. The Bertz CT molecular complexity index is 1350. The van der Waals surface area contributed by atoms with E-state index in [2.05, 4.69) is 25.8 Å². The number of thiazole rings is 1. The van der Waals surface area contributed by atoms with Crippen LogP contribution in [0.15, 0.2) is 60.2 Å². The fourth-order valence-electron chi connectivity index (χ4n) is 4.13. The molecule has 186 valence electrons. The maximum Gasteiger partial charge on any atom is 0.350 e. The molecule has 1 atom stereocenters. The Balaban J connectivity index is 1.90. The summed E-state index contributed by atoms with van der Waals surface area (Å²) in [6.07, 6.45) is 0. The Kier molecular flexibility index (Phi) is 6.82. The highest BCUT2D eigenvalue weighted by Crippen LogP contribution is 2.44. The number of aryl methyl sites for hydroxylation is 1. The molecule has 1 aliphatic rings. The molecule has 1 saturated heterocycles. The Hall–Kier alpha value is -3.78. The molecule has 7 nitrogen and oxygen atoms in total. The molecule has 1 aliphatic heterocycles. The zero-order valence-corrected chi connectivity index (χ0v) is 21.7. The molecule has 1 amide bonds. The number of benzene rings is 2. The van der Waals surface area contributed by atoms with Crippen molar-refractivity contribution in [1.82, 2.24) is 4.98 Å². The number of ketones is 1. The SMILES string of the molecule is CCOC(=O)c1sc(N2C(=O)C(=O)C(=C(O)c3ccccc3)[C@@H]2c2ccc(C(C)(C)C)cc2)nc1C. The third-order valence-corrected chi connectivity index (χ3v) is 7.17. The molecule has 0 saturated carbocycles. The molecule has 1 N–H and O–H groups in total. The first-order chi connectivity index (χ1) is 17.0. The molecule has 0 unspecified atom stereocenters. The number of anilines is 1. The van der Waals surface area contributed by atoms with E-state index in [1.807, 2.05) is 24.3 Å². The van der Waals surface area contributed by atoms with Crippen LogP contribution in [0.1, 0.15) is 65.8 Å². The molecule has 36 heavy (non-hydrogen) atoms. The number of carbonyl (C=O) groups excluding carboxylic acids is 3. The third kappa shape index (κ3) is 4.56. The van der Waals surface area contributed by atoms with E-state index in [0.29, 0.717) is 16.8 Å². The molecule has 3 aromatic rings. The summed E-state index contributed by atoms with van der Waals surface area (Å²) in [7, 11) is 0. The molecule has 0 aliphatic carbocycles. The van der Waals surface area contributed by atoms with Crippen LogP contribution in [0.4, 0.5) is 5.13 Å². The topological polar surface area (TPSA) is 96.8 Å². The minimum atomic E-state index is -0.917. The van der Waals surface area contributed by atoms with Crippen LogP contribution < -0.4 is 4.90 Å². The van der Waals surface area contributed by atoms with Gasteiger partial charge >= 0.3 is 11.9 Å². The highest BCUT2D eigenvalue weighted by atomic mass is 32.1. The van der Waals surface area contributed by atoms with Gasteiger partial charge in [-0.15, -0.1) is 0 Å². The first kappa shape index (κ1) is 25.3. The predicted molar refractivity (Wildman–Crippen MR) is 139 cm³/mol. The summed E-state index contributed by atoms with van der Waals surface area (Å²) in [5, 5.41) is 11.4. The van der Waals surface area contributed by atoms with E-state index in [1.54, 1.807) is 44.2 Å². The zero-order valence-electron chi connectivity index (χ0n) is 20.9. The van der Waals surface area contributed by atoms with Crippen LogP contribution >= 0.6 is 11.3 Å². The molecule has 2 heterocycles. The van der Waals surface area contributed by atoms with Crippen molar-refractivity contribution >= 4 is 39.9 Å². The fourth-order valence-corrected chi connectivity index (χ4v) is 5.12. The van der Waals surface area contributed by atoms with Gasteiger partial charge in [-0.25, -0.2) is 9.78 Å². The lowest BCUT2D eigenvalue weighted by molar-refractivity contribution is -0.132. The van der Waals surface area contributed by atoms with Gasteiger partial charge in [-0.2, -0.15) is 0 Å². The van der Waals surface area contributed by atoms with Crippen molar-refractivity contribution in [2.24, 2.45) is 0 Å². The van der Waals surface area contributed by atoms with Gasteiger partial charge in [-0.05, 0) is 30.4 Å². The largest absolute Gasteiger partial charge is 0.507 e. The number of nitrogens with zero attached hydrogens (tertiary/aromatic N) is 2. The highest BCUT2D eigenvalue weighted by Gasteiger charge is 2.48. The normalized spacial score (nSPS) is 17.5. The Morgan fingerprint density at radius 1 is 1.08 bits per heavy atom. The molecular weight excluding hydrogens is 476 g/mol. The van der Waals surface area contributed by atoms with E-state index in [4.69, 9.17) is 4.74 Å². The van der Waals surface area contributed by atoms with Crippen molar-refractivity contribution in [3.63, 3.8) is 0 Å². The average molecular weight is 505 g/mol. The smallest absolute Gasteiger partial charge is 0.350 e. The number of aromatic nitrogens is 1. The fraction of sp³-hybridized carbons (Fsp3) is 0.286. The van der Waals surface area contributed by atoms with E-state index in [9.17, 15) is 19.5 Å². The van der Waals surface area contributed by atoms with Gasteiger partial charge in [0.1, 0.15) is 10.6 Å². The molecule has 0 spiro atoms. The van der Waals surface area contributed by atoms with Crippen molar-refractivity contribution in [1.29, 1.82) is 0 Å². The number of Topliss-reactive ketones (excluding diaryl/α,β-unsaturated/α-hetero) is 1. The monoisotopic (exact) mass is 504 g/mol. The Morgan fingerprint density at radius 3 is 2.31 bits per heavy atom. The van der Waals surface area contributed by atoms with E-state index >= 15 is 0 Å². The zero-order chi connectivity index (χ0) is 26.2. The van der Waals surface area contributed by atoms with Gasteiger partial charge in [-0.3, -0.25) is 14.5 Å². The Labute approximate surface area is 214 Å². The standard InChI is InChI=1S/C28H28N2O5S/c1-6-35-26(34)24-16(2)29-27(36-24)30-21(17-12-14-19(15-13-17)28(3,4)5)20(23(32)25(30)33)22(31)18-10-8-7-9-11-18/h7-15,21,31H,6H2,1-5H3/t21-/m0/s1. The number of aliphatic hydroxyl groups is 1. The van der Waals surface area contributed by atoms with Gasteiger partial charge in [-0.1, -0.05) is 86.7 Å². The number of carbonyl (C=O) groups is 3. The van der Waals surface area contributed by atoms with Crippen LogP contribution in [0.3, 0.4) is 0 Å².